The van der Waals surface area contributed by atoms with Gasteiger partial charge in [-0.2, -0.15) is 5.10 Å². The molecule has 0 aliphatic rings. The van der Waals surface area contributed by atoms with Gasteiger partial charge in [-0.15, -0.1) is 0 Å². The Balaban J connectivity index is 1.68. The van der Waals surface area contributed by atoms with Gasteiger partial charge in [-0.1, -0.05) is 47.5 Å². The van der Waals surface area contributed by atoms with Crippen molar-refractivity contribution >= 4 is 5.91 Å². The number of aryl methyl sites for hydroxylation is 2. The van der Waals surface area contributed by atoms with Crippen LogP contribution in [-0.2, 0) is 6.54 Å². The van der Waals surface area contributed by atoms with E-state index >= 15 is 0 Å². The van der Waals surface area contributed by atoms with E-state index in [1.807, 2.05) is 62.4 Å². The summed E-state index contributed by atoms with van der Waals surface area (Å²) < 4.78 is 1.38. The summed E-state index contributed by atoms with van der Waals surface area (Å²) in [6, 6.07) is 18.6. The second-order valence-corrected chi connectivity index (χ2v) is 6.28. The van der Waals surface area contributed by atoms with Crippen molar-refractivity contribution in [2.24, 2.45) is 0 Å². The number of nitrogens with one attached hydrogen (secondary N) is 1. The highest BCUT2D eigenvalue weighted by molar-refractivity contribution is 5.94. The summed E-state index contributed by atoms with van der Waals surface area (Å²) in [5.41, 5.74) is 4.20. The molecule has 0 saturated heterocycles. The Morgan fingerprint density at radius 2 is 1.69 bits per heavy atom. The van der Waals surface area contributed by atoms with E-state index in [9.17, 15) is 9.59 Å². The van der Waals surface area contributed by atoms with Gasteiger partial charge in [0.05, 0.1) is 12.2 Å². The predicted molar refractivity (Wildman–Crippen MR) is 102 cm³/mol. The van der Waals surface area contributed by atoms with Gasteiger partial charge in [0.25, 0.3) is 11.5 Å². The first-order chi connectivity index (χ1) is 12.5. The van der Waals surface area contributed by atoms with E-state index in [2.05, 4.69) is 10.4 Å². The van der Waals surface area contributed by atoms with Gasteiger partial charge in [0.15, 0.2) is 0 Å². The molecule has 0 atom stereocenters. The van der Waals surface area contributed by atoms with E-state index in [1.165, 1.54) is 10.7 Å². The normalized spacial score (nSPS) is 10.5. The van der Waals surface area contributed by atoms with Crippen LogP contribution < -0.4 is 10.9 Å². The fourth-order valence-electron chi connectivity index (χ4n) is 2.86. The summed E-state index contributed by atoms with van der Waals surface area (Å²) in [4.78, 5) is 24.3. The predicted octanol–water partition coefficient (Wildman–Crippen LogP) is 2.96. The molecular formula is C21H21N3O2. The summed E-state index contributed by atoms with van der Waals surface area (Å²) in [6.07, 6.45) is 0. The van der Waals surface area contributed by atoms with Gasteiger partial charge in [-0.3, -0.25) is 9.59 Å². The average Bonchev–Trinajstić information content (AvgIpc) is 2.63. The number of amides is 1. The molecule has 1 N–H and O–H groups in total. The topological polar surface area (TPSA) is 64.0 Å². The van der Waals surface area contributed by atoms with Crippen molar-refractivity contribution in [3.05, 3.63) is 87.7 Å². The Morgan fingerprint density at radius 3 is 2.38 bits per heavy atom. The number of benzene rings is 2. The third-order valence-corrected chi connectivity index (χ3v) is 4.03. The SMILES string of the molecule is Cc1cc(C)cc(C(=O)NCCn2nc(-c3ccccc3)ccc2=O)c1. The second kappa shape index (κ2) is 7.78. The zero-order valence-corrected chi connectivity index (χ0v) is 14.9. The van der Waals surface area contributed by atoms with Crippen LogP contribution in [0.4, 0.5) is 0 Å². The standard InChI is InChI=1S/C21H21N3O2/c1-15-12-16(2)14-18(13-15)21(26)22-10-11-24-20(25)9-8-19(23-24)17-6-4-3-5-7-17/h3-9,12-14H,10-11H2,1-2H3,(H,22,26). The smallest absolute Gasteiger partial charge is 0.266 e. The lowest BCUT2D eigenvalue weighted by Crippen LogP contribution is -2.32. The number of aromatic nitrogens is 2. The summed E-state index contributed by atoms with van der Waals surface area (Å²) >= 11 is 0. The molecule has 3 aromatic rings. The highest BCUT2D eigenvalue weighted by Gasteiger charge is 2.07. The van der Waals surface area contributed by atoms with Crippen LogP contribution in [0.3, 0.4) is 0 Å². The minimum absolute atomic E-state index is 0.149. The first-order valence-electron chi connectivity index (χ1n) is 8.53. The number of carbonyl (C=O) groups is 1. The van der Waals surface area contributed by atoms with E-state index in [0.717, 1.165) is 22.4 Å². The van der Waals surface area contributed by atoms with E-state index in [4.69, 9.17) is 0 Å². The number of rotatable bonds is 5. The Kier molecular flexibility index (Phi) is 5.27. The van der Waals surface area contributed by atoms with Crippen LogP contribution in [0.5, 0.6) is 0 Å². The van der Waals surface area contributed by atoms with Crippen molar-refractivity contribution in [3.8, 4) is 11.3 Å². The molecule has 5 nitrogen and oxygen atoms in total. The van der Waals surface area contributed by atoms with Crippen LogP contribution in [0.2, 0.25) is 0 Å². The number of nitrogens with zero attached hydrogens (tertiary/aromatic N) is 2. The van der Waals surface area contributed by atoms with Crippen LogP contribution in [0.25, 0.3) is 11.3 Å². The maximum absolute atomic E-state index is 12.3. The van der Waals surface area contributed by atoms with Gasteiger partial charge >= 0.3 is 0 Å². The Labute approximate surface area is 152 Å². The van der Waals surface area contributed by atoms with Crippen LogP contribution in [0.1, 0.15) is 21.5 Å². The molecule has 0 saturated carbocycles. The van der Waals surface area contributed by atoms with Crippen molar-refractivity contribution in [2.75, 3.05) is 6.54 Å². The minimum atomic E-state index is -0.190. The monoisotopic (exact) mass is 347 g/mol. The molecule has 1 amide bonds. The molecule has 0 unspecified atom stereocenters. The van der Waals surface area contributed by atoms with Crippen molar-refractivity contribution in [1.29, 1.82) is 0 Å². The maximum atomic E-state index is 12.3. The lowest BCUT2D eigenvalue weighted by atomic mass is 10.1. The van der Waals surface area contributed by atoms with Gasteiger partial charge < -0.3 is 5.32 Å². The summed E-state index contributed by atoms with van der Waals surface area (Å²) in [5.74, 6) is -0.149. The van der Waals surface area contributed by atoms with E-state index in [-0.39, 0.29) is 11.5 Å². The first-order valence-corrected chi connectivity index (χ1v) is 8.53. The Hall–Kier alpha value is -3.21. The minimum Gasteiger partial charge on any atom is -0.350 e. The number of carbonyl (C=O) groups excluding carboxylic acids is 1. The molecular weight excluding hydrogens is 326 g/mol. The van der Waals surface area contributed by atoms with Gasteiger partial charge in [0, 0.05) is 23.7 Å². The highest BCUT2D eigenvalue weighted by atomic mass is 16.1. The van der Waals surface area contributed by atoms with Gasteiger partial charge in [0.2, 0.25) is 0 Å². The fourth-order valence-corrected chi connectivity index (χ4v) is 2.86. The molecule has 0 bridgehead atoms. The molecule has 1 heterocycles. The first kappa shape index (κ1) is 17.6. The van der Waals surface area contributed by atoms with Gasteiger partial charge in [0.1, 0.15) is 0 Å². The zero-order chi connectivity index (χ0) is 18.5. The van der Waals surface area contributed by atoms with Crippen molar-refractivity contribution in [2.45, 2.75) is 20.4 Å². The fraction of sp³-hybridized carbons (Fsp3) is 0.190. The van der Waals surface area contributed by atoms with Crippen molar-refractivity contribution in [3.63, 3.8) is 0 Å². The van der Waals surface area contributed by atoms with E-state index in [1.54, 1.807) is 6.07 Å². The van der Waals surface area contributed by atoms with Crippen LogP contribution >= 0.6 is 0 Å². The molecule has 0 radical (unpaired) electrons. The third kappa shape index (κ3) is 4.25. The zero-order valence-electron chi connectivity index (χ0n) is 14.9. The quantitative estimate of drug-likeness (QED) is 0.772. The van der Waals surface area contributed by atoms with Crippen LogP contribution in [-0.4, -0.2) is 22.2 Å². The van der Waals surface area contributed by atoms with Gasteiger partial charge in [-0.05, 0) is 32.0 Å². The molecule has 132 valence electrons. The molecule has 5 heteroatoms. The molecule has 0 aliphatic heterocycles. The molecule has 1 aromatic heterocycles. The highest BCUT2D eigenvalue weighted by Crippen LogP contribution is 2.14. The average molecular weight is 347 g/mol. The third-order valence-electron chi connectivity index (χ3n) is 4.03. The molecule has 2 aromatic carbocycles. The molecule has 26 heavy (non-hydrogen) atoms. The van der Waals surface area contributed by atoms with E-state index < -0.39 is 0 Å². The number of hydrogen-bond acceptors (Lipinski definition) is 3. The van der Waals surface area contributed by atoms with E-state index in [0.29, 0.717) is 18.7 Å². The largest absolute Gasteiger partial charge is 0.350 e. The Morgan fingerprint density at radius 1 is 1.00 bits per heavy atom. The van der Waals surface area contributed by atoms with Crippen molar-refractivity contribution < 1.29 is 4.79 Å². The maximum Gasteiger partial charge on any atom is 0.266 e. The lowest BCUT2D eigenvalue weighted by Gasteiger charge is -2.09. The number of hydrogen-bond donors (Lipinski definition) is 1. The summed E-state index contributed by atoms with van der Waals surface area (Å²) in [5, 5.41) is 7.24. The van der Waals surface area contributed by atoms with Crippen LogP contribution in [0, 0.1) is 13.8 Å². The molecule has 0 aliphatic carbocycles. The van der Waals surface area contributed by atoms with Crippen molar-refractivity contribution in [1.82, 2.24) is 15.1 Å². The summed E-state index contributed by atoms with van der Waals surface area (Å²) in [6.45, 7) is 4.57. The lowest BCUT2D eigenvalue weighted by molar-refractivity contribution is 0.0951. The Bertz CT molecular complexity index is 958. The molecule has 0 fully saturated rings. The van der Waals surface area contributed by atoms with Crippen LogP contribution in [0.15, 0.2) is 65.5 Å². The molecule has 0 spiro atoms. The molecule has 3 rings (SSSR count). The van der Waals surface area contributed by atoms with Gasteiger partial charge in [-0.25, -0.2) is 4.68 Å². The summed E-state index contributed by atoms with van der Waals surface area (Å²) in [7, 11) is 0. The second-order valence-electron chi connectivity index (χ2n) is 6.28.